The number of alkyl halides is 3. The minimum atomic E-state index is -6.30. The Bertz CT molecular complexity index is 4300. The van der Waals surface area contributed by atoms with Gasteiger partial charge in [-0.05, 0) is 75.8 Å². The van der Waals surface area contributed by atoms with Crippen LogP contribution in [0, 0.1) is 11.6 Å². The van der Waals surface area contributed by atoms with Crippen molar-refractivity contribution in [2.24, 2.45) is 0 Å². The van der Waals surface area contributed by atoms with Crippen molar-refractivity contribution in [3.8, 4) is 17.2 Å². The van der Waals surface area contributed by atoms with Crippen LogP contribution in [0.4, 0.5) is 22.0 Å². The smallest absolute Gasteiger partial charge is 0.478 e. The van der Waals surface area contributed by atoms with Crippen LogP contribution in [0.1, 0.15) is 97.4 Å². The van der Waals surface area contributed by atoms with E-state index in [1.165, 1.54) is 60.9 Å². The van der Waals surface area contributed by atoms with E-state index in [-0.39, 0.29) is 56.5 Å². The van der Waals surface area contributed by atoms with Crippen LogP contribution in [0.15, 0.2) is 207 Å². The first-order chi connectivity index (χ1) is 40.9. The lowest BCUT2D eigenvalue weighted by Gasteiger charge is -2.23. The van der Waals surface area contributed by atoms with Crippen molar-refractivity contribution in [1.29, 1.82) is 0 Å². The Morgan fingerprint density at radius 3 is 1.19 bits per heavy atom. The number of pyridine rings is 2. The van der Waals surface area contributed by atoms with Gasteiger partial charge in [0.15, 0.2) is 17.2 Å². The van der Waals surface area contributed by atoms with Crippen molar-refractivity contribution in [2.45, 2.75) is 30.8 Å². The zero-order chi connectivity index (χ0) is 59.7. The number of halogens is 5. The lowest BCUT2D eigenvalue weighted by molar-refractivity contribution is -0.0500. The van der Waals surface area contributed by atoms with Crippen LogP contribution >= 0.6 is 0 Å². The number of imide groups is 2. The number of carbonyl (C=O) groups excluding carboxylic acids is 4. The van der Waals surface area contributed by atoms with E-state index in [9.17, 15) is 59.4 Å². The van der Waals surface area contributed by atoms with Gasteiger partial charge in [-0.2, -0.15) is 21.6 Å². The van der Waals surface area contributed by atoms with Crippen LogP contribution in [0.25, 0.3) is 21.8 Å². The summed E-state index contributed by atoms with van der Waals surface area (Å²) in [5.74, 6) is -7.29. The summed E-state index contributed by atoms with van der Waals surface area (Å²) in [5.41, 5.74) is -4.28. The number of rotatable bonds is 15. The molecule has 0 radical (unpaired) electrons. The second kappa shape index (κ2) is 22.9. The van der Waals surface area contributed by atoms with Crippen LogP contribution in [-0.2, 0) is 23.2 Å². The number of aromatic nitrogens is 2. The number of fused-ring (bicyclic) bond motifs is 4. The van der Waals surface area contributed by atoms with Gasteiger partial charge in [0.05, 0.1) is 29.8 Å². The van der Waals surface area contributed by atoms with Crippen molar-refractivity contribution in [1.82, 2.24) is 19.8 Å². The highest BCUT2D eigenvalue weighted by molar-refractivity contribution is 7.88. The molecule has 85 heavy (non-hydrogen) atoms. The maximum absolute atomic E-state index is 14.0. The number of benzene rings is 8. The molecule has 0 atom stereocenters. The molecule has 8 aromatic carbocycles. The third-order valence-corrected chi connectivity index (χ3v) is 14.9. The number of hydrogen-bond acceptors (Lipinski definition) is 12. The fourth-order valence-electron chi connectivity index (χ4n) is 10.0. The molecule has 1 N–H and O–H groups in total. The standard InChI is InChI=1S/C32H20F4N2O6S.C32H21FN2O5/c33-22-15-13-19(14-16-22)18-38-30(39)24-25(31(38)40)29(43-27(20-8-3-1-4-9-20)21-10-5-2-6-11-21)26-23(12-7-17-37-26)28(24)44-45(41,42)32(34,35)36;33-22-15-13-19(14-16-22)18-35-30(36)25-24(32(38)39)23-12-7-17-34-27(23)29(26(25)31(35)37)40-28(20-8-3-1-4-9-20)21-10-5-2-6-11-21/h1-17,27H,18H2;1-17,28H,18H2,(H,38,39). The van der Waals surface area contributed by atoms with E-state index >= 15 is 0 Å². The summed E-state index contributed by atoms with van der Waals surface area (Å²) in [6, 6.07) is 52.2. The van der Waals surface area contributed by atoms with Crippen LogP contribution in [0.2, 0.25) is 0 Å². The van der Waals surface area contributed by atoms with E-state index < -0.39 is 92.5 Å². The van der Waals surface area contributed by atoms with Gasteiger partial charge < -0.3 is 18.8 Å². The molecular formula is C64H41F5N4O11S. The van der Waals surface area contributed by atoms with E-state index in [0.717, 1.165) is 28.2 Å². The largest absolute Gasteiger partial charge is 0.534 e. The van der Waals surface area contributed by atoms with Gasteiger partial charge in [-0.3, -0.25) is 38.9 Å². The van der Waals surface area contributed by atoms with Crippen molar-refractivity contribution >= 4 is 61.5 Å². The van der Waals surface area contributed by atoms with Gasteiger partial charge in [-0.25, -0.2) is 13.6 Å². The van der Waals surface area contributed by atoms with E-state index in [1.54, 1.807) is 72.8 Å². The molecule has 424 valence electrons. The maximum Gasteiger partial charge on any atom is 0.534 e. The number of amides is 4. The second-order valence-electron chi connectivity index (χ2n) is 19.2. The summed E-state index contributed by atoms with van der Waals surface area (Å²) in [4.78, 5) is 78.3. The Kier molecular flexibility index (Phi) is 15.2. The molecule has 0 bridgehead atoms. The molecule has 0 aliphatic carbocycles. The van der Waals surface area contributed by atoms with Gasteiger partial charge in [0, 0.05) is 23.2 Å². The van der Waals surface area contributed by atoms with Gasteiger partial charge in [-0.1, -0.05) is 152 Å². The molecule has 4 amide bonds. The summed E-state index contributed by atoms with van der Waals surface area (Å²) < 4.78 is 110. The molecule has 2 aliphatic heterocycles. The summed E-state index contributed by atoms with van der Waals surface area (Å²) in [5, 5.41) is 10.1. The van der Waals surface area contributed by atoms with E-state index in [4.69, 9.17) is 9.47 Å². The first-order valence-corrected chi connectivity index (χ1v) is 27.2. The number of nitrogens with zero attached hydrogens (tertiary/aromatic N) is 4. The molecule has 0 saturated heterocycles. The number of ether oxygens (including phenoxy) is 2. The van der Waals surface area contributed by atoms with Gasteiger partial charge in [-0.15, -0.1) is 0 Å². The van der Waals surface area contributed by atoms with Gasteiger partial charge in [0.1, 0.15) is 46.0 Å². The lowest BCUT2D eigenvalue weighted by Crippen LogP contribution is -2.30. The third kappa shape index (κ3) is 10.9. The average molecular weight is 1170 g/mol. The highest BCUT2D eigenvalue weighted by Gasteiger charge is 2.52. The quantitative estimate of drug-likeness (QED) is 0.0440. The van der Waals surface area contributed by atoms with Crippen molar-refractivity contribution < 1.29 is 73.1 Å². The number of hydrogen-bond donors (Lipinski definition) is 1. The fraction of sp³-hybridized carbons (Fsp3) is 0.0781. The Morgan fingerprint density at radius 1 is 0.471 bits per heavy atom. The lowest BCUT2D eigenvalue weighted by atomic mass is 9.95. The van der Waals surface area contributed by atoms with Crippen LogP contribution in [0.3, 0.4) is 0 Å². The average Bonchev–Trinajstić information content (AvgIpc) is 2.42. The summed E-state index contributed by atoms with van der Waals surface area (Å²) in [7, 11) is -6.30. The first-order valence-electron chi connectivity index (χ1n) is 25.8. The zero-order valence-electron chi connectivity index (χ0n) is 43.8. The first kappa shape index (κ1) is 56.2. The molecule has 2 aromatic heterocycles. The number of carboxylic acids is 1. The summed E-state index contributed by atoms with van der Waals surface area (Å²) in [6.45, 7) is -0.586. The molecule has 2 aliphatic rings. The third-order valence-electron chi connectivity index (χ3n) is 13.9. The van der Waals surface area contributed by atoms with E-state index in [0.29, 0.717) is 27.2 Å². The summed E-state index contributed by atoms with van der Waals surface area (Å²) in [6.07, 6.45) is 1.15. The highest BCUT2D eigenvalue weighted by Crippen LogP contribution is 2.48. The minimum Gasteiger partial charge on any atom is -0.478 e. The normalized spacial score (nSPS) is 13.1. The molecule has 0 fully saturated rings. The molecule has 4 heterocycles. The molecule has 0 spiro atoms. The predicted molar refractivity (Wildman–Crippen MR) is 298 cm³/mol. The maximum atomic E-state index is 14.0. The molecular weight excluding hydrogens is 1130 g/mol. The number of carbonyl (C=O) groups is 5. The van der Waals surface area contributed by atoms with Crippen LogP contribution < -0.4 is 13.7 Å². The Hall–Kier alpha value is -10.7. The molecule has 21 heteroatoms. The van der Waals surface area contributed by atoms with Crippen molar-refractivity contribution in [3.63, 3.8) is 0 Å². The minimum absolute atomic E-state index is 0.0215. The topological polar surface area (TPSA) is 200 Å². The number of carboxylic acid groups (broad SMARTS) is 1. The molecule has 10 aromatic rings. The zero-order valence-corrected chi connectivity index (χ0v) is 44.6. The molecule has 12 rings (SSSR count). The van der Waals surface area contributed by atoms with Gasteiger partial charge >= 0.3 is 21.6 Å². The molecule has 15 nitrogen and oxygen atoms in total. The van der Waals surface area contributed by atoms with E-state index in [1.807, 2.05) is 60.7 Å². The Labute approximate surface area is 479 Å². The van der Waals surface area contributed by atoms with E-state index in [2.05, 4.69) is 14.2 Å². The number of aromatic carboxylic acids is 1. The molecule has 0 unspecified atom stereocenters. The monoisotopic (exact) mass is 1170 g/mol. The summed E-state index contributed by atoms with van der Waals surface area (Å²) >= 11 is 0. The van der Waals surface area contributed by atoms with Crippen molar-refractivity contribution in [2.75, 3.05) is 0 Å². The van der Waals surface area contributed by atoms with Gasteiger partial charge in [0.25, 0.3) is 23.6 Å². The fourth-order valence-corrected chi connectivity index (χ4v) is 10.5. The predicted octanol–water partition coefficient (Wildman–Crippen LogP) is 12.6. The van der Waals surface area contributed by atoms with Crippen molar-refractivity contribution in [3.05, 3.63) is 279 Å². The highest BCUT2D eigenvalue weighted by atomic mass is 32.2. The van der Waals surface area contributed by atoms with Gasteiger partial charge in [0.2, 0.25) is 0 Å². The Morgan fingerprint density at radius 2 is 0.812 bits per heavy atom. The molecule has 0 saturated carbocycles. The SMILES string of the molecule is O=C(O)c1c2c(c(OC(c3ccccc3)c3ccccc3)c3ncccc13)C(=O)N(Cc1ccc(F)cc1)C2=O.O=C1c2c(c(OC(c3ccccc3)c3ccccc3)c3ncccc3c2OS(=O)(=O)C(F)(F)F)C(=O)N1Cc1ccc(F)cc1. The Balaban J connectivity index is 0.000000178. The van der Waals surface area contributed by atoms with Crippen LogP contribution in [0.5, 0.6) is 17.2 Å². The second-order valence-corrected chi connectivity index (χ2v) is 20.8. The van der Waals surface area contributed by atoms with Crippen LogP contribution in [-0.4, -0.2) is 68.4 Å².